The summed E-state index contributed by atoms with van der Waals surface area (Å²) in [4.78, 5) is 26.0. The number of likely N-dealkylation sites (tertiary alicyclic amines) is 1. The van der Waals surface area contributed by atoms with Crippen molar-refractivity contribution in [3.63, 3.8) is 0 Å². The predicted octanol–water partition coefficient (Wildman–Crippen LogP) is 3.55. The Balaban J connectivity index is 2.17. The summed E-state index contributed by atoms with van der Waals surface area (Å²) < 4.78 is 31.5. The molecule has 120 valence electrons. The zero-order valence-corrected chi connectivity index (χ0v) is 12.9. The minimum absolute atomic E-state index is 0.0550. The van der Waals surface area contributed by atoms with Gasteiger partial charge in [0, 0.05) is 12.1 Å². The zero-order chi connectivity index (χ0) is 16.5. The molecular weight excluding hydrogens is 292 g/mol. The highest BCUT2D eigenvalue weighted by Crippen LogP contribution is 2.24. The number of benzene rings is 1. The van der Waals surface area contributed by atoms with E-state index in [9.17, 15) is 18.4 Å². The summed E-state index contributed by atoms with van der Waals surface area (Å²) in [6.45, 7) is 5.64. The third-order valence-electron chi connectivity index (χ3n) is 3.39. The lowest BCUT2D eigenvalue weighted by atomic mass is 10.0. The average Bonchev–Trinajstić information content (AvgIpc) is 2.88. The van der Waals surface area contributed by atoms with Crippen LogP contribution in [0.4, 0.5) is 13.6 Å². The number of nitrogens with zero attached hydrogens (tertiary/aromatic N) is 1. The van der Waals surface area contributed by atoms with Crippen LogP contribution in [0.3, 0.4) is 0 Å². The first kappa shape index (κ1) is 16.4. The van der Waals surface area contributed by atoms with E-state index in [2.05, 4.69) is 0 Å². The highest BCUT2D eigenvalue weighted by molar-refractivity contribution is 6.01. The quantitative estimate of drug-likeness (QED) is 0.785. The van der Waals surface area contributed by atoms with E-state index < -0.39 is 35.2 Å². The molecule has 1 aliphatic rings. The van der Waals surface area contributed by atoms with E-state index in [-0.39, 0.29) is 5.56 Å². The molecule has 1 fully saturated rings. The average molecular weight is 311 g/mol. The minimum Gasteiger partial charge on any atom is -0.444 e. The van der Waals surface area contributed by atoms with E-state index >= 15 is 0 Å². The lowest BCUT2D eigenvalue weighted by Gasteiger charge is -2.28. The van der Waals surface area contributed by atoms with Crippen molar-refractivity contribution in [3.8, 4) is 0 Å². The molecule has 2 rings (SSSR count). The van der Waals surface area contributed by atoms with Gasteiger partial charge in [0.2, 0.25) is 0 Å². The van der Waals surface area contributed by atoms with Crippen molar-refractivity contribution >= 4 is 11.9 Å². The number of hydrogen-bond acceptors (Lipinski definition) is 3. The Labute approximate surface area is 128 Å². The molecule has 1 amide bonds. The molecular formula is C16H19F2NO3. The Morgan fingerprint density at radius 2 is 1.91 bits per heavy atom. The van der Waals surface area contributed by atoms with Crippen molar-refractivity contribution in [2.75, 3.05) is 6.54 Å². The standard InChI is InChI=1S/C16H19F2NO3/c1-16(2,3)22-15(21)19-8-4-5-13(19)14(20)10-6-7-11(17)12(18)9-10/h6-7,9,13H,4-5,8H2,1-3H3/t13-/m0/s1. The van der Waals surface area contributed by atoms with Gasteiger partial charge >= 0.3 is 6.09 Å². The van der Waals surface area contributed by atoms with Crippen LogP contribution in [0.1, 0.15) is 44.0 Å². The Bertz CT molecular complexity index is 596. The largest absolute Gasteiger partial charge is 0.444 e. The summed E-state index contributed by atoms with van der Waals surface area (Å²) in [7, 11) is 0. The van der Waals surface area contributed by atoms with E-state index in [0.29, 0.717) is 19.4 Å². The lowest BCUT2D eigenvalue weighted by molar-refractivity contribution is 0.0222. The number of carbonyl (C=O) groups is 2. The Morgan fingerprint density at radius 3 is 2.50 bits per heavy atom. The molecule has 1 saturated heterocycles. The van der Waals surface area contributed by atoms with Crippen molar-refractivity contribution in [3.05, 3.63) is 35.4 Å². The van der Waals surface area contributed by atoms with Gasteiger partial charge in [0.1, 0.15) is 5.60 Å². The van der Waals surface area contributed by atoms with E-state index in [1.54, 1.807) is 20.8 Å². The van der Waals surface area contributed by atoms with Crippen LogP contribution in [0.5, 0.6) is 0 Å². The summed E-state index contributed by atoms with van der Waals surface area (Å²) in [6, 6.07) is 2.31. The lowest BCUT2D eigenvalue weighted by Crippen LogP contribution is -2.43. The monoisotopic (exact) mass is 311 g/mol. The molecule has 0 spiro atoms. The van der Waals surface area contributed by atoms with E-state index in [1.165, 1.54) is 11.0 Å². The van der Waals surface area contributed by atoms with Gasteiger partial charge in [-0.25, -0.2) is 13.6 Å². The molecule has 0 unspecified atom stereocenters. The molecule has 4 nitrogen and oxygen atoms in total. The maximum atomic E-state index is 13.3. The van der Waals surface area contributed by atoms with Gasteiger partial charge in [-0.1, -0.05) is 0 Å². The molecule has 0 N–H and O–H groups in total. The first-order valence-electron chi connectivity index (χ1n) is 7.18. The van der Waals surface area contributed by atoms with E-state index in [1.807, 2.05) is 0 Å². The van der Waals surface area contributed by atoms with Gasteiger partial charge in [0.15, 0.2) is 17.4 Å². The Kier molecular flexibility index (Phi) is 4.49. The van der Waals surface area contributed by atoms with Gasteiger partial charge in [-0.3, -0.25) is 9.69 Å². The Morgan fingerprint density at radius 1 is 1.23 bits per heavy atom. The van der Waals surface area contributed by atoms with Crippen molar-refractivity contribution in [1.82, 2.24) is 4.90 Å². The van der Waals surface area contributed by atoms with Crippen LogP contribution in [0.25, 0.3) is 0 Å². The smallest absolute Gasteiger partial charge is 0.410 e. The van der Waals surface area contributed by atoms with Crippen LogP contribution >= 0.6 is 0 Å². The minimum atomic E-state index is -1.08. The molecule has 22 heavy (non-hydrogen) atoms. The number of hydrogen-bond donors (Lipinski definition) is 0. The summed E-state index contributed by atoms with van der Waals surface area (Å²) in [5, 5.41) is 0. The fraction of sp³-hybridized carbons (Fsp3) is 0.500. The normalized spacial score (nSPS) is 18.4. The van der Waals surface area contributed by atoms with Gasteiger partial charge in [-0.15, -0.1) is 0 Å². The van der Waals surface area contributed by atoms with Crippen molar-refractivity contribution in [1.29, 1.82) is 0 Å². The Hall–Kier alpha value is -1.98. The molecule has 0 aromatic heterocycles. The first-order chi connectivity index (χ1) is 10.2. The van der Waals surface area contributed by atoms with Crippen LogP contribution in [0, 0.1) is 11.6 Å². The van der Waals surface area contributed by atoms with Crippen molar-refractivity contribution < 1.29 is 23.1 Å². The fourth-order valence-electron chi connectivity index (χ4n) is 2.42. The number of Topliss-reactive ketones (excluding diaryl/α,β-unsaturated/α-hetero) is 1. The second-order valence-corrected chi connectivity index (χ2v) is 6.32. The van der Waals surface area contributed by atoms with Crippen LogP contribution in [-0.2, 0) is 4.74 Å². The summed E-state index contributed by atoms with van der Waals surface area (Å²) in [5.74, 6) is -2.48. The number of rotatable bonds is 2. The van der Waals surface area contributed by atoms with Crippen LogP contribution in [0.15, 0.2) is 18.2 Å². The molecule has 1 aromatic carbocycles. The number of ether oxygens (including phenoxy) is 1. The second-order valence-electron chi connectivity index (χ2n) is 6.32. The van der Waals surface area contributed by atoms with E-state index in [4.69, 9.17) is 4.74 Å². The summed E-state index contributed by atoms with van der Waals surface area (Å²) in [5.41, 5.74) is -0.603. The topological polar surface area (TPSA) is 46.6 Å². The number of ketones is 1. The van der Waals surface area contributed by atoms with Crippen LogP contribution in [-0.4, -0.2) is 35.0 Å². The summed E-state index contributed by atoms with van der Waals surface area (Å²) >= 11 is 0. The molecule has 0 radical (unpaired) electrons. The molecule has 1 aromatic rings. The van der Waals surface area contributed by atoms with Gasteiger partial charge in [0.05, 0.1) is 6.04 Å². The maximum Gasteiger partial charge on any atom is 0.410 e. The molecule has 0 saturated carbocycles. The highest BCUT2D eigenvalue weighted by atomic mass is 19.2. The number of halogens is 2. The van der Waals surface area contributed by atoms with Crippen molar-refractivity contribution in [2.45, 2.75) is 45.3 Å². The SMILES string of the molecule is CC(C)(C)OC(=O)N1CCC[C@H]1C(=O)c1ccc(F)c(F)c1. The third kappa shape index (κ3) is 3.61. The molecule has 0 aliphatic carbocycles. The zero-order valence-electron chi connectivity index (χ0n) is 12.9. The van der Waals surface area contributed by atoms with Crippen LogP contribution in [0.2, 0.25) is 0 Å². The second kappa shape index (κ2) is 6.02. The molecule has 1 atom stereocenters. The molecule has 1 heterocycles. The molecule has 6 heteroatoms. The van der Waals surface area contributed by atoms with Gasteiger partial charge < -0.3 is 4.74 Å². The number of carbonyl (C=O) groups excluding carboxylic acids is 2. The highest BCUT2D eigenvalue weighted by Gasteiger charge is 2.37. The number of amides is 1. The fourth-order valence-corrected chi connectivity index (χ4v) is 2.42. The van der Waals surface area contributed by atoms with Gasteiger partial charge in [-0.05, 0) is 51.8 Å². The van der Waals surface area contributed by atoms with Gasteiger partial charge in [0.25, 0.3) is 0 Å². The predicted molar refractivity (Wildman–Crippen MR) is 76.7 cm³/mol. The van der Waals surface area contributed by atoms with Gasteiger partial charge in [-0.2, -0.15) is 0 Å². The molecule has 0 bridgehead atoms. The maximum absolute atomic E-state index is 13.3. The molecule has 1 aliphatic heterocycles. The summed E-state index contributed by atoms with van der Waals surface area (Å²) in [6.07, 6.45) is 0.585. The first-order valence-corrected chi connectivity index (χ1v) is 7.18. The van der Waals surface area contributed by atoms with Crippen molar-refractivity contribution in [2.24, 2.45) is 0 Å². The van der Waals surface area contributed by atoms with E-state index in [0.717, 1.165) is 12.1 Å². The third-order valence-corrected chi connectivity index (χ3v) is 3.39. The van der Waals surface area contributed by atoms with Crippen LogP contribution < -0.4 is 0 Å².